The molecule has 0 fully saturated rings. The lowest BCUT2D eigenvalue weighted by molar-refractivity contribution is 0.264. The third-order valence-corrected chi connectivity index (χ3v) is 10.8. The Bertz CT molecular complexity index is 1940. The Morgan fingerprint density at radius 1 is 0.732 bits per heavy atom. The minimum Gasteiger partial charge on any atom is -0.316 e. The summed E-state index contributed by atoms with van der Waals surface area (Å²) in [5.41, 5.74) is 5.33. The van der Waals surface area contributed by atoms with Crippen molar-refractivity contribution in [3.05, 3.63) is 135 Å². The van der Waals surface area contributed by atoms with E-state index in [-0.39, 0.29) is 5.75 Å². The molecular weight excluding hydrogens is 522 g/mol. The fourth-order valence-electron chi connectivity index (χ4n) is 6.47. The Morgan fingerprint density at radius 3 is 2.27 bits per heavy atom. The van der Waals surface area contributed by atoms with E-state index in [9.17, 15) is 8.42 Å². The van der Waals surface area contributed by atoms with Crippen LogP contribution in [0.25, 0.3) is 12.2 Å². The maximum atomic E-state index is 12.2. The number of sulfone groups is 1. The molecule has 0 saturated heterocycles. The lowest BCUT2D eigenvalue weighted by atomic mass is 9.70. The first-order chi connectivity index (χ1) is 19.9. The Morgan fingerprint density at radius 2 is 1.46 bits per heavy atom. The van der Waals surface area contributed by atoms with Crippen LogP contribution in [0.4, 0.5) is 11.4 Å². The fraction of sp³-hybridized carbons (Fsp3) is 0.243. The first-order valence-electron chi connectivity index (χ1n) is 14.7. The second kappa shape index (κ2) is 11.2. The van der Waals surface area contributed by atoms with Crippen LogP contribution in [-0.4, -0.2) is 14.2 Å². The number of hydrogen-bond acceptors (Lipinski definition) is 3. The van der Waals surface area contributed by atoms with Crippen molar-refractivity contribution in [1.29, 1.82) is 0 Å². The number of rotatable bonds is 3. The van der Waals surface area contributed by atoms with Crippen LogP contribution in [0, 0.1) is 15.9 Å². The molecule has 3 aliphatic rings. The largest absolute Gasteiger partial charge is 0.316 e. The highest BCUT2D eigenvalue weighted by atomic mass is 32.2. The number of benzene rings is 4. The fourth-order valence-corrected chi connectivity index (χ4v) is 7.76. The van der Waals surface area contributed by atoms with Crippen LogP contribution in [0.15, 0.2) is 108 Å². The van der Waals surface area contributed by atoms with E-state index < -0.39 is 9.84 Å². The molecule has 0 N–H and O–H groups in total. The number of hydrogen-bond donors (Lipinski definition) is 0. The summed E-state index contributed by atoms with van der Waals surface area (Å²) >= 11 is 0. The monoisotopic (exact) mass is 559 g/mol. The predicted molar refractivity (Wildman–Crippen MR) is 170 cm³/mol. The highest BCUT2D eigenvalue weighted by Crippen LogP contribution is 2.38. The zero-order valence-corrected chi connectivity index (χ0v) is 24.7. The van der Waals surface area contributed by atoms with E-state index in [1.54, 1.807) is 29.3 Å². The van der Waals surface area contributed by atoms with E-state index in [1.165, 1.54) is 46.6 Å². The lowest BCUT2D eigenvalue weighted by Crippen LogP contribution is -2.31. The van der Waals surface area contributed by atoms with Crippen molar-refractivity contribution in [2.75, 3.05) is 10.7 Å². The number of para-hydroxylation sites is 2. The standard InChI is InChI=1S/C22H24.C15H13NO2S/c1-3-22(4-2)14-13-17-10-11-19-18-8-6-5-7-16(18)9-12-20(19)21(17)15-22;17-19(18)12-6-11-16(13-7-2-1-3-8-13)14-9-4-5-10-15(14)19/h5-11,13H,3-4,12,14-15H2,1-2H3;1-11H,12H2. The SMILES string of the molecule is CCC1(CC)CC=c2ccc3c(c2C1)CC=c1ccccc1=3.O=S1(=O)CC=CN(c2ccccc2)c2ccccc21. The van der Waals surface area contributed by atoms with Crippen molar-refractivity contribution < 1.29 is 8.42 Å². The maximum Gasteiger partial charge on any atom is 0.184 e. The quantitative estimate of drug-likeness (QED) is 0.272. The highest BCUT2D eigenvalue weighted by molar-refractivity contribution is 7.91. The van der Waals surface area contributed by atoms with Crippen LogP contribution < -0.4 is 15.3 Å². The third kappa shape index (κ3) is 5.17. The van der Waals surface area contributed by atoms with Crippen LogP contribution in [0.5, 0.6) is 0 Å². The molecule has 4 aromatic rings. The molecular formula is C37H37NO2S. The normalized spacial score (nSPS) is 17.2. The summed E-state index contributed by atoms with van der Waals surface area (Å²) < 4.78 is 24.4. The smallest absolute Gasteiger partial charge is 0.184 e. The Hall–Kier alpha value is -3.89. The molecule has 0 spiro atoms. The van der Waals surface area contributed by atoms with Crippen LogP contribution in [-0.2, 0) is 22.7 Å². The Balaban J connectivity index is 0.000000149. The summed E-state index contributed by atoms with van der Waals surface area (Å²) in [4.78, 5) is 2.28. The average molecular weight is 560 g/mol. The molecule has 3 nitrogen and oxygen atoms in total. The van der Waals surface area contributed by atoms with Gasteiger partial charge < -0.3 is 4.90 Å². The Labute approximate surface area is 243 Å². The van der Waals surface area contributed by atoms with Gasteiger partial charge in [-0.2, -0.15) is 0 Å². The van der Waals surface area contributed by atoms with E-state index >= 15 is 0 Å². The Kier molecular flexibility index (Phi) is 7.44. The lowest BCUT2D eigenvalue weighted by Gasteiger charge is -2.35. The summed E-state index contributed by atoms with van der Waals surface area (Å²) in [6.45, 7) is 4.72. The van der Waals surface area contributed by atoms with Gasteiger partial charge in [-0.05, 0) is 93.8 Å². The first kappa shape index (κ1) is 27.3. The minimum atomic E-state index is -3.25. The molecule has 0 saturated carbocycles. The van der Waals surface area contributed by atoms with Crippen molar-refractivity contribution in [1.82, 2.24) is 0 Å². The van der Waals surface area contributed by atoms with Gasteiger partial charge in [0.1, 0.15) is 0 Å². The molecule has 0 atom stereocenters. The zero-order valence-electron chi connectivity index (χ0n) is 23.9. The first-order valence-corrected chi connectivity index (χ1v) is 16.3. The van der Waals surface area contributed by atoms with Gasteiger partial charge in [0, 0.05) is 11.9 Å². The third-order valence-electron chi connectivity index (χ3n) is 9.12. The number of fused-ring (bicyclic) bond motifs is 5. The molecule has 0 aromatic heterocycles. The minimum absolute atomic E-state index is 0.0351. The molecule has 0 unspecified atom stereocenters. The molecule has 4 heteroatoms. The molecule has 2 aliphatic carbocycles. The number of nitrogens with zero attached hydrogens (tertiary/aromatic N) is 1. The predicted octanol–water partition coefficient (Wildman–Crippen LogP) is 6.97. The van der Waals surface area contributed by atoms with Crippen molar-refractivity contribution in [2.45, 2.75) is 50.8 Å². The van der Waals surface area contributed by atoms with E-state index in [2.05, 4.69) is 62.4 Å². The summed E-state index contributed by atoms with van der Waals surface area (Å²) in [6, 6.07) is 30.3. The van der Waals surface area contributed by atoms with Crippen molar-refractivity contribution in [3.63, 3.8) is 0 Å². The van der Waals surface area contributed by atoms with Crippen molar-refractivity contribution in [2.24, 2.45) is 5.41 Å². The summed E-state index contributed by atoms with van der Waals surface area (Å²) in [7, 11) is -3.25. The van der Waals surface area contributed by atoms with Crippen LogP contribution >= 0.6 is 0 Å². The van der Waals surface area contributed by atoms with Crippen molar-refractivity contribution in [3.8, 4) is 0 Å². The molecule has 1 heterocycles. The van der Waals surface area contributed by atoms with Gasteiger partial charge in [-0.15, -0.1) is 0 Å². The molecule has 0 amide bonds. The van der Waals surface area contributed by atoms with E-state index in [4.69, 9.17) is 0 Å². The van der Waals surface area contributed by atoms with Gasteiger partial charge in [-0.1, -0.05) is 98.8 Å². The topological polar surface area (TPSA) is 37.4 Å². The molecule has 7 rings (SSSR count). The van der Waals surface area contributed by atoms with Crippen LogP contribution in [0.2, 0.25) is 0 Å². The second-order valence-corrected chi connectivity index (χ2v) is 13.3. The second-order valence-electron chi connectivity index (χ2n) is 11.3. The van der Waals surface area contributed by atoms with Gasteiger partial charge in [0.15, 0.2) is 9.84 Å². The molecule has 0 bridgehead atoms. The summed E-state index contributed by atoms with van der Waals surface area (Å²) in [6.07, 6.45) is 14.6. The van der Waals surface area contributed by atoms with E-state index in [1.807, 2.05) is 53.6 Å². The maximum absolute atomic E-state index is 12.2. The molecule has 4 aromatic carbocycles. The average Bonchev–Trinajstić information content (AvgIpc) is 3.16. The molecule has 1 aliphatic heterocycles. The number of anilines is 2. The van der Waals surface area contributed by atoms with Gasteiger partial charge >= 0.3 is 0 Å². The van der Waals surface area contributed by atoms with Crippen LogP contribution in [0.3, 0.4) is 0 Å². The van der Waals surface area contributed by atoms with Crippen molar-refractivity contribution >= 4 is 33.4 Å². The summed E-state index contributed by atoms with van der Waals surface area (Å²) in [5, 5.41) is 5.76. The van der Waals surface area contributed by atoms with Gasteiger partial charge in [0.05, 0.1) is 16.3 Å². The van der Waals surface area contributed by atoms with Gasteiger partial charge in [0.2, 0.25) is 0 Å². The molecule has 41 heavy (non-hydrogen) atoms. The van der Waals surface area contributed by atoms with Gasteiger partial charge in [-0.3, -0.25) is 0 Å². The van der Waals surface area contributed by atoms with Gasteiger partial charge in [-0.25, -0.2) is 8.42 Å². The molecule has 208 valence electrons. The zero-order chi connectivity index (χ0) is 28.5. The van der Waals surface area contributed by atoms with Gasteiger partial charge in [0.25, 0.3) is 0 Å². The van der Waals surface area contributed by atoms with E-state index in [0.717, 1.165) is 12.1 Å². The van der Waals surface area contributed by atoms with Crippen LogP contribution in [0.1, 0.15) is 44.2 Å². The molecule has 0 radical (unpaired) electrons. The van der Waals surface area contributed by atoms with E-state index in [0.29, 0.717) is 16.0 Å². The summed E-state index contributed by atoms with van der Waals surface area (Å²) in [5.74, 6) is 0.0351. The highest BCUT2D eigenvalue weighted by Gasteiger charge is 2.29.